The fourth-order valence-corrected chi connectivity index (χ4v) is 5.97. The molecule has 2 aromatic rings. The van der Waals surface area contributed by atoms with Crippen LogP contribution in [0.15, 0.2) is 24.3 Å². The van der Waals surface area contributed by atoms with E-state index in [1.54, 1.807) is 0 Å². The molecule has 0 aliphatic carbocycles. The van der Waals surface area contributed by atoms with Gasteiger partial charge in [0.1, 0.15) is 6.29 Å². The third kappa shape index (κ3) is 1.98. The maximum atomic E-state index is 11.8. The monoisotopic (exact) mass is 338 g/mol. The Hall–Kier alpha value is -1.65. The van der Waals surface area contributed by atoms with Crippen molar-refractivity contribution >= 4 is 17.2 Å². The number of rotatable bonds is 1. The minimum atomic E-state index is 0.0358. The first kappa shape index (κ1) is 15.6. The number of ether oxygens (including phenoxy) is 1. The number of fused-ring (bicyclic) bond motifs is 8. The molecule has 4 heterocycles. The summed E-state index contributed by atoms with van der Waals surface area (Å²) in [6, 6.07) is 9.64. The van der Waals surface area contributed by atoms with Gasteiger partial charge in [0.2, 0.25) is 0 Å². The van der Waals surface area contributed by atoms with Crippen LogP contribution >= 0.6 is 0 Å². The number of carbonyl (C=O) groups excluding carboxylic acids is 1. The minimum absolute atomic E-state index is 0.0358. The van der Waals surface area contributed by atoms with Gasteiger partial charge in [-0.05, 0) is 44.4 Å². The molecule has 1 aromatic carbocycles. The van der Waals surface area contributed by atoms with Crippen molar-refractivity contribution in [3.05, 3.63) is 35.5 Å². The van der Waals surface area contributed by atoms with E-state index in [2.05, 4.69) is 54.8 Å². The molecule has 3 aliphatic rings. The van der Waals surface area contributed by atoms with Crippen LogP contribution in [0.1, 0.15) is 30.6 Å². The number of nitrogens with zero attached hydrogens (tertiary/aromatic N) is 2. The van der Waals surface area contributed by atoms with Crippen LogP contribution in [-0.2, 0) is 23.0 Å². The number of aldehydes is 1. The van der Waals surface area contributed by atoms with Crippen LogP contribution in [-0.4, -0.2) is 41.6 Å². The zero-order chi connectivity index (χ0) is 17.3. The highest BCUT2D eigenvalue weighted by molar-refractivity contribution is 5.86. The second-order valence-corrected chi connectivity index (χ2v) is 8.21. The molecule has 2 fully saturated rings. The van der Waals surface area contributed by atoms with Gasteiger partial charge in [-0.3, -0.25) is 4.90 Å². The Bertz CT molecular complexity index is 842. The van der Waals surface area contributed by atoms with Gasteiger partial charge in [0.05, 0.1) is 18.8 Å². The van der Waals surface area contributed by atoms with Crippen molar-refractivity contribution in [2.24, 2.45) is 24.8 Å². The number of para-hydroxylation sites is 1. The second-order valence-electron chi connectivity index (χ2n) is 8.21. The number of aromatic nitrogens is 1. The zero-order valence-corrected chi connectivity index (χ0v) is 15.2. The van der Waals surface area contributed by atoms with Crippen molar-refractivity contribution in [2.75, 3.05) is 13.7 Å². The number of likely N-dealkylation sites (N-methyl/N-ethyl adjacent to an activating group) is 1. The molecule has 4 nitrogen and oxygen atoms in total. The van der Waals surface area contributed by atoms with Gasteiger partial charge >= 0.3 is 0 Å². The predicted octanol–water partition coefficient (Wildman–Crippen LogP) is 2.95. The summed E-state index contributed by atoms with van der Waals surface area (Å²) in [5, 5.41) is 1.40. The molecular formula is C21H26N2O2. The highest BCUT2D eigenvalue weighted by Gasteiger charge is 2.52. The summed E-state index contributed by atoms with van der Waals surface area (Å²) in [7, 11) is 4.46. The molecule has 1 aromatic heterocycles. The average Bonchev–Trinajstić information content (AvgIpc) is 2.88. The van der Waals surface area contributed by atoms with Crippen LogP contribution < -0.4 is 0 Å². The fourth-order valence-electron chi connectivity index (χ4n) is 5.97. The highest BCUT2D eigenvalue weighted by atomic mass is 16.5. The Kier molecular flexibility index (Phi) is 3.38. The molecule has 4 heteroatoms. The molecule has 132 valence electrons. The minimum Gasteiger partial charge on any atom is -0.377 e. The number of hydrogen-bond acceptors (Lipinski definition) is 3. The Labute approximate surface area is 148 Å². The SMILES string of the molecule is CC1OC[C@@H]2[C@@H](CC3c4c(c5ccccc5n4C)C[C@@H]2N3C)[C@@H]1C=O. The van der Waals surface area contributed by atoms with Crippen LogP contribution in [0.2, 0.25) is 0 Å². The molecule has 0 saturated carbocycles. The number of aryl methyl sites for hydroxylation is 1. The van der Waals surface area contributed by atoms with E-state index in [4.69, 9.17) is 4.74 Å². The van der Waals surface area contributed by atoms with Gasteiger partial charge in [-0.25, -0.2) is 0 Å². The van der Waals surface area contributed by atoms with Gasteiger partial charge in [-0.2, -0.15) is 0 Å². The van der Waals surface area contributed by atoms with Crippen molar-refractivity contribution in [1.82, 2.24) is 9.47 Å². The summed E-state index contributed by atoms with van der Waals surface area (Å²) in [5.74, 6) is 0.937. The summed E-state index contributed by atoms with van der Waals surface area (Å²) in [6.07, 6.45) is 3.33. The first-order chi connectivity index (χ1) is 12.1. The van der Waals surface area contributed by atoms with E-state index >= 15 is 0 Å². The number of piperidine rings is 1. The zero-order valence-electron chi connectivity index (χ0n) is 15.2. The Morgan fingerprint density at radius 3 is 2.80 bits per heavy atom. The molecule has 0 N–H and O–H groups in total. The third-order valence-electron chi connectivity index (χ3n) is 7.29. The standard InChI is InChI=1S/C21H26N2O2/c1-12-16(10-24)14-8-20-21-15(9-19(22(20)2)17(14)11-25-12)13-6-4-5-7-18(13)23(21)3/h4-7,10,12,14,16-17,19-20H,8-9,11H2,1-3H3/t12?,14-,16+,17+,19-,20?/m0/s1. The van der Waals surface area contributed by atoms with E-state index in [9.17, 15) is 4.79 Å². The van der Waals surface area contributed by atoms with Crippen molar-refractivity contribution in [3.8, 4) is 0 Å². The maximum absolute atomic E-state index is 11.8. The number of carbonyl (C=O) groups is 1. The van der Waals surface area contributed by atoms with Crippen LogP contribution in [0, 0.1) is 17.8 Å². The molecular weight excluding hydrogens is 312 g/mol. The van der Waals surface area contributed by atoms with Gasteiger partial charge in [-0.15, -0.1) is 0 Å². The molecule has 0 amide bonds. The summed E-state index contributed by atoms with van der Waals surface area (Å²) < 4.78 is 8.40. The summed E-state index contributed by atoms with van der Waals surface area (Å²) in [5.41, 5.74) is 4.31. The van der Waals surface area contributed by atoms with E-state index < -0.39 is 0 Å². The molecule has 2 unspecified atom stereocenters. The van der Waals surface area contributed by atoms with E-state index in [-0.39, 0.29) is 12.0 Å². The highest BCUT2D eigenvalue weighted by Crippen LogP contribution is 2.51. The lowest BCUT2D eigenvalue weighted by molar-refractivity contribution is -0.150. The van der Waals surface area contributed by atoms with E-state index in [0.717, 1.165) is 25.7 Å². The molecule has 25 heavy (non-hydrogen) atoms. The van der Waals surface area contributed by atoms with Gasteiger partial charge in [0.15, 0.2) is 0 Å². The molecule has 6 atom stereocenters. The average molecular weight is 338 g/mol. The molecule has 0 radical (unpaired) electrons. The van der Waals surface area contributed by atoms with E-state index in [1.165, 1.54) is 22.2 Å². The van der Waals surface area contributed by atoms with Crippen molar-refractivity contribution in [1.29, 1.82) is 0 Å². The number of hydrogen-bond donors (Lipinski definition) is 0. The van der Waals surface area contributed by atoms with Crippen LogP contribution in [0.3, 0.4) is 0 Å². The number of benzene rings is 1. The summed E-state index contributed by atoms with van der Waals surface area (Å²) >= 11 is 0. The normalized spacial score (nSPS) is 37.6. The smallest absolute Gasteiger partial charge is 0.125 e. The second kappa shape index (κ2) is 5.42. The molecule has 0 spiro atoms. The van der Waals surface area contributed by atoms with Crippen molar-refractivity contribution < 1.29 is 9.53 Å². The largest absolute Gasteiger partial charge is 0.377 e. The van der Waals surface area contributed by atoms with E-state index in [1.807, 2.05) is 0 Å². The predicted molar refractivity (Wildman–Crippen MR) is 97.5 cm³/mol. The van der Waals surface area contributed by atoms with Gasteiger partial charge in [0, 0.05) is 41.5 Å². The van der Waals surface area contributed by atoms with Gasteiger partial charge < -0.3 is 14.1 Å². The lowest BCUT2D eigenvalue weighted by atomic mass is 9.64. The van der Waals surface area contributed by atoms with E-state index in [0.29, 0.717) is 23.9 Å². The lowest BCUT2D eigenvalue weighted by Gasteiger charge is -2.55. The van der Waals surface area contributed by atoms with Crippen LogP contribution in [0.25, 0.3) is 10.9 Å². The van der Waals surface area contributed by atoms with Crippen molar-refractivity contribution in [2.45, 2.75) is 38.0 Å². The third-order valence-corrected chi connectivity index (χ3v) is 7.29. The van der Waals surface area contributed by atoms with Gasteiger partial charge in [0.25, 0.3) is 0 Å². The Morgan fingerprint density at radius 1 is 1.20 bits per heavy atom. The molecule has 5 rings (SSSR count). The topological polar surface area (TPSA) is 34.5 Å². The fraction of sp³-hybridized carbons (Fsp3) is 0.571. The Balaban J connectivity index is 1.66. The quantitative estimate of drug-likeness (QED) is 0.750. The summed E-state index contributed by atoms with van der Waals surface area (Å²) in [6.45, 7) is 2.85. The molecule has 2 bridgehead atoms. The first-order valence-electron chi connectivity index (χ1n) is 9.46. The van der Waals surface area contributed by atoms with Crippen molar-refractivity contribution in [3.63, 3.8) is 0 Å². The maximum Gasteiger partial charge on any atom is 0.125 e. The lowest BCUT2D eigenvalue weighted by Crippen LogP contribution is -2.59. The first-order valence-corrected chi connectivity index (χ1v) is 9.46. The summed E-state index contributed by atoms with van der Waals surface area (Å²) in [4.78, 5) is 14.3. The van der Waals surface area contributed by atoms with Crippen LogP contribution in [0.4, 0.5) is 0 Å². The Morgan fingerprint density at radius 2 is 2.00 bits per heavy atom. The molecule has 3 aliphatic heterocycles. The van der Waals surface area contributed by atoms with Gasteiger partial charge in [-0.1, -0.05) is 18.2 Å². The molecule has 2 saturated heterocycles. The van der Waals surface area contributed by atoms with Crippen LogP contribution in [0.5, 0.6) is 0 Å².